The Morgan fingerprint density at radius 3 is 2.68 bits per heavy atom. The Kier molecular flexibility index (Phi) is 4.52. The van der Waals surface area contributed by atoms with Crippen LogP contribution in [0.4, 0.5) is 11.6 Å². The quantitative estimate of drug-likeness (QED) is 0.644. The van der Waals surface area contributed by atoms with Crippen LogP contribution in [-0.4, -0.2) is 39.1 Å². The maximum Gasteiger partial charge on any atom is 0.162 e. The van der Waals surface area contributed by atoms with E-state index in [-0.39, 0.29) is 0 Å². The van der Waals surface area contributed by atoms with Crippen molar-refractivity contribution in [2.24, 2.45) is 0 Å². The number of hydrogen-bond donors (Lipinski definition) is 3. The molecule has 0 radical (unpaired) electrons. The van der Waals surface area contributed by atoms with Crippen molar-refractivity contribution in [3.05, 3.63) is 36.3 Å². The summed E-state index contributed by atoms with van der Waals surface area (Å²) in [6, 6.07) is 4.13. The molecule has 7 heteroatoms. The smallest absolute Gasteiger partial charge is 0.162 e. The number of anilines is 2. The van der Waals surface area contributed by atoms with Crippen molar-refractivity contribution in [3.8, 4) is 11.4 Å². The highest BCUT2D eigenvalue weighted by atomic mass is 15.1. The van der Waals surface area contributed by atoms with Gasteiger partial charge >= 0.3 is 0 Å². The molecule has 1 aliphatic carbocycles. The summed E-state index contributed by atoms with van der Waals surface area (Å²) in [5.74, 6) is 2.61. The molecule has 144 valence electrons. The minimum atomic E-state index is 0.414. The predicted octanol–water partition coefficient (Wildman–Crippen LogP) is 3.10. The lowest BCUT2D eigenvalue weighted by molar-refractivity contribution is 0.421. The van der Waals surface area contributed by atoms with Crippen LogP contribution in [0.25, 0.3) is 22.3 Å². The summed E-state index contributed by atoms with van der Waals surface area (Å²) in [4.78, 5) is 18.4. The predicted molar refractivity (Wildman–Crippen MR) is 111 cm³/mol. The molecule has 0 bridgehead atoms. The van der Waals surface area contributed by atoms with E-state index in [1.165, 1.54) is 24.8 Å². The van der Waals surface area contributed by atoms with Gasteiger partial charge in [0, 0.05) is 29.4 Å². The Balaban J connectivity index is 1.64. The fourth-order valence-corrected chi connectivity index (χ4v) is 4.12. The summed E-state index contributed by atoms with van der Waals surface area (Å²) in [5.41, 5.74) is 8.92. The van der Waals surface area contributed by atoms with Gasteiger partial charge in [-0.2, -0.15) is 0 Å². The molecule has 0 spiro atoms. The Hall–Kier alpha value is -2.80. The van der Waals surface area contributed by atoms with E-state index in [1.54, 1.807) is 6.20 Å². The monoisotopic (exact) mass is 375 g/mol. The molecular weight excluding hydrogens is 350 g/mol. The lowest BCUT2D eigenvalue weighted by Gasteiger charge is -2.29. The van der Waals surface area contributed by atoms with E-state index in [4.69, 9.17) is 15.7 Å². The molecule has 1 saturated heterocycles. The van der Waals surface area contributed by atoms with E-state index < -0.39 is 0 Å². The van der Waals surface area contributed by atoms with Crippen molar-refractivity contribution in [2.45, 2.75) is 44.1 Å². The molecule has 1 aliphatic heterocycles. The first-order valence-electron chi connectivity index (χ1n) is 10.1. The fraction of sp³-hybridized carbons (Fsp3) is 0.429. The minimum absolute atomic E-state index is 0.414. The lowest BCUT2D eigenvalue weighted by Crippen LogP contribution is -2.35. The molecule has 2 fully saturated rings. The van der Waals surface area contributed by atoms with Gasteiger partial charge in [-0.05, 0) is 62.4 Å². The zero-order valence-corrected chi connectivity index (χ0v) is 15.9. The normalized spacial score (nSPS) is 18.1. The number of rotatable bonds is 4. The first-order valence-corrected chi connectivity index (χ1v) is 10.1. The average molecular weight is 375 g/mol. The Bertz CT molecular complexity index is 993. The number of nitrogens with two attached hydrogens (primary N) is 1. The van der Waals surface area contributed by atoms with Crippen LogP contribution in [0.3, 0.4) is 0 Å². The summed E-state index contributed by atoms with van der Waals surface area (Å²) in [6.45, 7) is 2.07. The molecule has 0 atom stereocenters. The van der Waals surface area contributed by atoms with Gasteiger partial charge in [0.25, 0.3) is 0 Å². The van der Waals surface area contributed by atoms with E-state index in [9.17, 15) is 0 Å². The second-order valence-corrected chi connectivity index (χ2v) is 7.78. The van der Waals surface area contributed by atoms with E-state index in [2.05, 4.69) is 20.6 Å². The number of fused-ring (bicyclic) bond motifs is 1. The topological polar surface area (TPSA) is 102 Å². The van der Waals surface area contributed by atoms with Crippen LogP contribution in [0.15, 0.2) is 30.7 Å². The SMILES string of the molecule is Nc1cc(-c2nc(NC3CCNCC3)c3c(C4CCC4)cncc3n2)ccn1. The summed E-state index contributed by atoms with van der Waals surface area (Å²) >= 11 is 0. The van der Waals surface area contributed by atoms with Gasteiger partial charge in [-0.25, -0.2) is 15.0 Å². The third kappa shape index (κ3) is 3.26. The maximum atomic E-state index is 5.88. The van der Waals surface area contributed by atoms with Crippen LogP contribution < -0.4 is 16.4 Å². The summed E-state index contributed by atoms with van der Waals surface area (Å²) < 4.78 is 0. The highest BCUT2D eigenvalue weighted by Crippen LogP contribution is 2.41. The van der Waals surface area contributed by atoms with Gasteiger partial charge in [0.2, 0.25) is 0 Å². The lowest BCUT2D eigenvalue weighted by atomic mass is 9.79. The summed E-state index contributed by atoms with van der Waals surface area (Å²) in [5, 5.41) is 8.28. The number of nitrogens with one attached hydrogen (secondary N) is 2. The van der Waals surface area contributed by atoms with Gasteiger partial charge in [0.1, 0.15) is 11.6 Å². The first-order chi connectivity index (χ1) is 13.8. The van der Waals surface area contributed by atoms with Gasteiger partial charge in [0.15, 0.2) is 5.82 Å². The summed E-state index contributed by atoms with van der Waals surface area (Å²) in [6.07, 6.45) is 11.5. The number of hydrogen-bond acceptors (Lipinski definition) is 7. The minimum Gasteiger partial charge on any atom is -0.384 e. The molecule has 4 N–H and O–H groups in total. The van der Waals surface area contributed by atoms with Crippen LogP contribution in [0.1, 0.15) is 43.6 Å². The van der Waals surface area contributed by atoms with Crippen molar-refractivity contribution < 1.29 is 0 Å². The fourth-order valence-electron chi connectivity index (χ4n) is 4.12. The molecule has 3 aromatic heterocycles. The van der Waals surface area contributed by atoms with Gasteiger partial charge in [0.05, 0.1) is 11.7 Å². The van der Waals surface area contributed by atoms with E-state index in [0.29, 0.717) is 23.6 Å². The van der Waals surface area contributed by atoms with E-state index in [0.717, 1.165) is 48.2 Å². The summed E-state index contributed by atoms with van der Waals surface area (Å²) in [7, 11) is 0. The molecule has 2 aliphatic rings. The molecule has 0 aromatic carbocycles. The number of piperidine rings is 1. The standard InChI is InChI=1S/C21H25N7/c22-18-10-14(4-9-25-18)20-27-17-12-24-11-16(13-2-1-3-13)19(17)21(28-20)26-15-5-7-23-8-6-15/h4,9-13,15,23H,1-3,5-8H2,(H2,22,25)(H,26,27,28). The third-order valence-corrected chi connectivity index (χ3v) is 5.90. The van der Waals surface area contributed by atoms with Gasteiger partial charge in [-0.3, -0.25) is 4.98 Å². The number of aromatic nitrogens is 4. The van der Waals surface area contributed by atoms with Crippen molar-refractivity contribution >= 4 is 22.5 Å². The highest BCUT2D eigenvalue weighted by molar-refractivity contribution is 5.93. The van der Waals surface area contributed by atoms with Crippen LogP contribution in [0.2, 0.25) is 0 Å². The number of pyridine rings is 2. The Morgan fingerprint density at radius 2 is 1.93 bits per heavy atom. The molecule has 4 heterocycles. The van der Waals surface area contributed by atoms with Crippen LogP contribution in [-0.2, 0) is 0 Å². The average Bonchev–Trinajstić information content (AvgIpc) is 2.67. The van der Waals surface area contributed by atoms with Crippen molar-refractivity contribution in [1.82, 2.24) is 25.3 Å². The molecule has 3 aromatic rings. The molecule has 0 unspecified atom stereocenters. The van der Waals surface area contributed by atoms with Crippen LogP contribution >= 0.6 is 0 Å². The second-order valence-electron chi connectivity index (χ2n) is 7.78. The Labute approximate surface area is 164 Å². The second kappa shape index (κ2) is 7.31. The third-order valence-electron chi connectivity index (χ3n) is 5.90. The Morgan fingerprint density at radius 1 is 1.07 bits per heavy atom. The van der Waals surface area contributed by atoms with Crippen molar-refractivity contribution in [3.63, 3.8) is 0 Å². The van der Waals surface area contributed by atoms with Crippen molar-refractivity contribution in [2.75, 3.05) is 24.1 Å². The molecule has 1 saturated carbocycles. The highest BCUT2D eigenvalue weighted by Gasteiger charge is 2.25. The zero-order chi connectivity index (χ0) is 18.9. The molecule has 28 heavy (non-hydrogen) atoms. The van der Waals surface area contributed by atoms with Crippen LogP contribution in [0, 0.1) is 0 Å². The largest absolute Gasteiger partial charge is 0.384 e. The first kappa shape index (κ1) is 17.3. The molecule has 5 rings (SSSR count). The van der Waals surface area contributed by atoms with Crippen LogP contribution in [0.5, 0.6) is 0 Å². The zero-order valence-electron chi connectivity index (χ0n) is 15.9. The van der Waals surface area contributed by atoms with Gasteiger partial charge < -0.3 is 16.4 Å². The molecular formula is C21H25N7. The maximum absolute atomic E-state index is 5.88. The molecule has 0 amide bonds. The number of nitrogen functional groups attached to an aromatic ring is 1. The molecule has 7 nitrogen and oxygen atoms in total. The van der Waals surface area contributed by atoms with Gasteiger partial charge in [-0.1, -0.05) is 6.42 Å². The van der Waals surface area contributed by atoms with Crippen molar-refractivity contribution in [1.29, 1.82) is 0 Å². The van der Waals surface area contributed by atoms with E-state index >= 15 is 0 Å². The van der Waals surface area contributed by atoms with Gasteiger partial charge in [-0.15, -0.1) is 0 Å². The number of nitrogens with zero attached hydrogens (tertiary/aromatic N) is 4. The van der Waals surface area contributed by atoms with E-state index in [1.807, 2.05) is 24.5 Å².